The number of anilines is 1. The van der Waals surface area contributed by atoms with Gasteiger partial charge in [-0.25, -0.2) is 0 Å². The van der Waals surface area contributed by atoms with Crippen LogP contribution in [-0.4, -0.2) is 59.7 Å². The first kappa shape index (κ1) is 21.8. The van der Waals surface area contributed by atoms with Crippen molar-refractivity contribution in [2.45, 2.75) is 33.2 Å². The lowest BCUT2D eigenvalue weighted by atomic mass is 9.99. The molecule has 9 heteroatoms. The van der Waals surface area contributed by atoms with E-state index in [0.717, 1.165) is 53.8 Å². The Bertz CT molecular complexity index is 1220. The average molecular weight is 465 g/mol. The number of aryl methyl sites for hydroxylation is 2. The van der Waals surface area contributed by atoms with Crippen molar-refractivity contribution in [3.63, 3.8) is 0 Å². The fourth-order valence-electron chi connectivity index (χ4n) is 4.52. The van der Waals surface area contributed by atoms with Crippen LogP contribution in [0.15, 0.2) is 29.3 Å². The lowest BCUT2D eigenvalue weighted by Crippen LogP contribution is -2.43. The molecular formula is C24H28N6O2S. The molecule has 2 aliphatic heterocycles. The van der Waals surface area contributed by atoms with Crippen molar-refractivity contribution < 1.29 is 9.53 Å². The first-order chi connectivity index (χ1) is 16.0. The molecule has 172 valence electrons. The Labute approximate surface area is 197 Å². The van der Waals surface area contributed by atoms with E-state index < -0.39 is 6.04 Å². The molecule has 1 saturated heterocycles. The molecule has 0 bridgehead atoms. The number of benzene rings is 1. The number of aliphatic imine (C=N–C) groups is 1. The number of nitrogens with one attached hydrogen (secondary N) is 1. The molecule has 8 nitrogen and oxygen atoms in total. The third-order valence-electron chi connectivity index (χ3n) is 6.45. The highest BCUT2D eigenvalue weighted by Gasteiger charge is 2.32. The first-order valence-corrected chi connectivity index (χ1v) is 12.0. The third kappa shape index (κ3) is 3.85. The first-order valence-electron chi connectivity index (χ1n) is 11.2. The van der Waals surface area contributed by atoms with Crippen molar-refractivity contribution in [3.05, 3.63) is 57.5 Å². The van der Waals surface area contributed by atoms with Gasteiger partial charge in [0, 0.05) is 47.9 Å². The van der Waals surface area contributed by atoms with Gasteiger partial charge in [-0.05, 0) is 38.5 Å². The topological polar surface area (TPSA) is 84.6 Å². The van der Waals surface area contributed by atoms with Crippen LogP contribution in [0.5, 0.6) is 0 Å². The van der Waals surface area contributed by atoms with Crippen molar-refractivity contribution in [3.8, 4) is 5.00 Å². The standard InChI is InChI=1S/C24H28N6O2S/c1-14-15(2)33-24-21(14)22(17-5-7-18(8-6-17)29-11-9-25-10-12-29)26-19(13-20(31)32-4)23-28-27-16(3)30(23)24/h5-8,19,25H,9-13H2,1-4H3/t19-/m0/s1. The van der Waals surface area contributed by atoms with Crippen molar-refractivity contribution in [1.82, 2.24) is 20.1 Å². The summed E-state index contributed by atoms with van der Waals surface area (Å²) in [5, 5.41) is 13.2. The van der Waals surface area contributed by atoms with Gasteiger partial charge >= 0.3 is 5.97 Å². The van der Waals surface area contributed by atoms with Crippen LogP contribution in [0.1, 0.15) is 45.7 Å². The van der Waals surface area contributed by atoms with E-state index in [2.05, 4.69) is 63.1 Å². The molecular weight excluding hydrogens is 436 g/mol. The van der Waals surface area contributed by atoms with Gasteiger partial charge in [-0.2, -0.15) is 0 Å². The van der Waals surface area contributed by atoms with Gasteiger partial charge in [0.1, 0.15) is 16.9 Å². The molecule has 1 fully saturated rings. The molecule has 33 heavy (non-hydrogen) atoms. The number of hydrogen-bond donors (Lipinski definition) is 1. The highest BCUT2D eigenvalue weighted by atomic mass is 32.1. The van der Waals surface area contributed by atoms with Gasteiger partial charge in [0.25, 0.3) is 0 Å². The highest BCUT2D eigenvalue weighted by Crippen LogP contribution is 2.39. The number of piperazine rings is 1. The van der Waals surface area contributed by atoms with E-state index in [9.17, 15) is 4.79 Å². The van der Waals surface area contributed by atoms with Crippen LogP contribution in [-0.2, 0) is 9.53 Å². The summed E-state index contributed by atoms with van der Waals surface area (Å²) >= 11 is 1.71. The molecule has 5 rings (SSSR count). The molecule has 4 heterocycles. The Morgan fingerprint density at radius 3 is 2.58 bits per heavy atom. The summed E-state index contributed by atoms with van der Waals surface area (Å²) in [5.41, 5.74) is 5.41. The number of carbonyl (C=O) groups is 1. The molecule has 0 unspecified atom stereocenters. The SMILES string of the molecule is COC(=O)C[C@@H]1N=C(c2ccc(N3CCNCC3)cc2)c2c(sc(C)c2C)-n2c(C)nnc21. The second-order valence-corrected chi connectivity index (χ2v) is 9.67. The molecule has 0 aliphatic carbocycles. The summed E-state index contributed by atoms with van der Waals surface area (Å²) in [6.45, 7) is 10.2. The van der Waals surface area contributed by atoms with Gasteiger partial charge in [0.15, 0.2) is 5.82 Å². The van der Waals surface area contributed by atoms with E-state index in [1.807, 2.05) is 6.92 Å². The van der Waals surface area contributed by atoms with Crippen LogP contribution in [0.4, 0.5) is 5.69 Å². The van der Waals surface area contributed by atoms with Gasteiger partial charge in [-0.1, -0.05) is 12.1 Å². The van der Waals surface area contributed by atoms with Crippen LogP contribution >= 0.6 is 11.3 Å². The average Bonchev–Trinajstić information content (AvgIpc) is 3.31. The summed E-state index contributed by atoms with van der Waals surface area (Å²) < 4.78 is 7.02. The molecule has 1 N–H and O–H groups in total. The minimum Gasteiger partial charge on any atom is -0.469 e. The number of carbonyl (C=O) groups excluding carboxylic acids is 1. The summed E-state index contributed by atoms with van der Waals surface area (Å²) in [5.74, 6) is 1.14. The number of rotatable bonds is 4. The van der Waals surface area contributed by atoms with E-state index in [4.69, 9.17) is 9.73 Å². The van der Waals surface area contributed by atoms with Gasteiger partial charge in [-0.15, -0.1) is 21.5 Å². The molecule has 3 aromatic rings. The number of esters is 1. The van der Waals surface area contributed by atoms with E-state index in [1.54, 1.807) is 11.3 Å². The predicted octanol–water partition coefficient (Wildman–Crippen LogP) is 3.12. The minimum atomic E-state index is -0.471. The maximum atomic E-state index is 12.2. The summed E-state index contributed by atoms with van der Waals surface area (Å²) in [6, 6.07) is 8.15. The summed E-state index contributed by atoms with van der Waals surface area (Å²) in [6.07, 6.45) is 0.115. The Morgan fingerprint density at radius 2 is 1.88 bits per heavy atom. The number of nitrogens with zero attached hydrogens (tertiary/aromatic N) is 5. The summed E-state index contributed by atoms with van der Waals surface area (Å²) in [4.78, 5) is 21.0. The van der Waals surface area contributed by atoms with E-state index in [-0.39, 0.29) is 12.4 Å². The van der Waals surface area contributed by atoms with Crippen molar-refractivity contribution in [2.24, 2.45) is 4.99 Å². The van der Waals surface area contributed by atoms with Crippen molar-refractivity contribution >= 4 is 28.7 Å². The molecule has 0 spiro atoms. The molecule has 1 atom stereocenters. The van der Waals surface area contributed by atoms with E-state index >= 15 is 0 Å². The van der Waals surface area contributed by atoms with Crippen LogP contribution in [0, 0.1) is 20.8 Å². The van der Waals surface area contributed by atoms with Crippen molar-refractivity contribution in [1.29, 1.82) is 0 Å². The number of ether oxygens (including phenoxy) is 1. The largest absolute Gasteiger partial charge is 0.469 e. The smallest absolute Gasteiger partial charge is 0.308 e. The van der Waals surface area contributed by atoms with Crippen LogP contribution in [0.25, 0.3) is 5.00 Å². The second-order valence-electron chi connectivity index (χ2n) is 8.46. The maximum Gasteiger partial charge on any atom is 0.308 e. The predicted molar refractivity (Wildman–Crippen MR) is 130 cm³/mol. The zero-order chi connectivity index (χ0) is 23.1. The van der Waals surface area contributed by atoms with Crippen LogP contribution in [0.2, 0.25) is 0 Å². The zero-order valence-corrected chi connectivity index (χ0v) is 20.2. The molecule has 0 amide bonds. The van der Waals surface area contributed by atoms with Gasteiger partial charge in [0.05, 0.1) is 19.2 Å². The monoisotopic (exact) mass is 464 g/mol. The zero-order valence-electron chi connectivity index (χ0n) is 19.4. The third-order valence-corrected chi connectivity index (χ3v) is 7.64. The van der Waals surface area contributed by atoms with Gasteiger partial charge < -0.3 is 15.0 Å². The second kappa shape index (κ2) is 8.72. The lowest BCUT2D eigenvalue weighted by molar-refractivity contribution is -0.141. The Hall–Kier alpha value is -3.04. The van der Waals surface area contributed by atoms with Crippen LogP contribution in [0.3, 0.4) is 0 Å². The normalized spacial score (nSPS) is 17.8. The van der Waals surface area contributed by atoms with Gasteiger partial charge in [0.2, 0.25) is 0 Å². The number of methoxy groups -OCH3 is 1. The quantitative estimate of drug-likeness (QED) is 0.598. The molecule has 2 aliphatic rings. The number of thiophene rings is 1. The van der Waals surface area contributed by atoms with Crippen molar-refractivity contribution in [2.75, 3.05) is 38.2 Å². The number of aromatic nitrogens is 3. The summed E-state index contributed by atoms with van der Waals surface area (Å²) in [7, 11) is 1.40. The number of hydrogen-bond acceptors (Lipinski definition) is 8. The lowest BCUT2D eigenvalue weighted by Gasteiger charge is -2.29. The molecule has 1 aromatic carbocycles. The Balaban J connectivity index is 1.64. The Kier molecular flexibility index (Phi) is 5.76. The fraction of sp³-hybridized carbons (Fsp3) is 0.417. The van der Waals surface area contributed by atoms with Crippen LogP contribution < -0.4 is 10.2 Å². The maximum absolute atomic E-state index is 12.2. The van der Waals surface area contributed by atoms with Gasteiger partial charge in [-0.3, -0.25) is 14.4 Å². The molecule has 0 saturated carbocycles. The van der Waals surface area contributed by atoms with E-state index in [0.29, 0.717) is 5.82 Å². The minimum absolute atomic E-state index is 0.115. The fourth-order valence-corrected chi connectivity index (χ4v) is 5.73. The Morgan fingerprint density at radius 1 is 1.15 bits per heavy atom. The molecule has 0 radical (unpaired) electrons. The number of fused-ring (bicyclic) bond motifs is 3. The van der Waals surface area contributed by atoms with E-state index in [1.165, 1.54) is 23.2 Å². The molecule has 2 aromatic heterocycles. The highest BCUT2D eigenvalue weighted by molar-refractivity contribution is 7.15.